The van der Waals surface area contributed by atoms with Crippen LogP contribution in [-0.4, -0.2) is 19.1 Å². The van der Waals surface area contributed by atoms with Gasteiger partial charge in [0.1, 0.15) is 5.82 Å². The number of hydrogen-bond donors (Lipinski definition) is 1. The van der Waals surface area contributed by atoms with Crippen LogP contribution in [0.2, 0.25) is 0 Å². The van der Waals surface area contributed by atoms with Crippen molar-refractivity contribution in [3.63, 3.8) is 0 Å². The van der Waals surface area contributed by atoms with Crippen molar-refractivity contribution in [1.82, 2.24) is 0 Å². The van der Waals surface area contributed by atoms with Gasteiger partial charge in [-0.25, -0.2) is 4.39 Å². The van der Waals surface area contributed by atoms with Gasteiger partial charge in [0.2, 0.25) is 0 Å². The Kier molecular flexibility index (Phi) is 4.23. The van der Waals surface area contributed by atoms with Gasteiger partial charge in [-0.3, -0.25) is 0 Å². The smallest absolute Gasteiger partial charge is 0.146 e. The minimum Gasteiger partial charge on any atom is -0.366 e. The van der Waals surface area contributed by atoms with Gasteiger partial charge in [-0.05, 0) is 43.4 Å². The third kappa shape index (κ3) is 2.51. The van der Waals surface area contributed by atoms with Crippen molar-refractivity contribution < 1.29 is 4.39 Å². The van der Waals surface area contributed by atoms with Crippen molar-refractivity contribution in [2.45, 2.75) is 39.2 Å². The van der Waals surface area contributed by atoms with Gasteiger partial charge in [0.25, 0.3) is 0 Å². The molecule has 1 unspecified atom stereocenters. The molecule has 1 fully saturated rings. The summed E-state index contributed by atoms with van der Waals surface area (Å²) in [7, 11) is 0. The fraction of sp³-hybridized carbons (Fsp3) is 0.600. The first kappa shape index (κ1) is 13.3. The molecular weight excluding hydrogens is 227 g/mol. The van der Waals surface area contributed by atoms with Crippen LogP contribution in [0.1, 0.15) is 32.3 Å². The molecule has 1 aromatic carbocycles. The monoisotopic (exact) mass is 250 g/mol. The fourth-order valence-electron chi connectivity index (χ4n) is 3.00. The summed E-state index contributed by atoms with van der Waals surface area (Å²) in [6.07, 6.45) is 3.06. The molecular formula is C15H23FN2. The van der Waals surface area contributed by atoms with Gasteiger partial charge in [-0.15, -0.1) is 0 Å². The largest absolute Gasteiger partial charge is 0.366 e. The van der Waals surface area contributed by atoms with Crippen molar-refractivity contribution >= 4 is 5.69 Å². The number of halogens is 1. The van der Waals surface area contributed by atoms with Crippen molar-refractivity contribution in [1.29, 1.82) is 0 Å². The lowest BCUT2D eigenvalue weighted by atomic mass is 10.00. The van der Waals surface area contributed by atoms with E-state index in [0.717, 1.165) is 37.1 Å². The van der Waals surface area contributed by atoms with E-state index < -0.39 is 0 Å². The lowest BCUT2D eigenvalue weighted by Crippen LogP contribution is -2.34. The number of anilines is 1. The third-order valence-corrected chi connectivity index (χ3v) is 3.84. The molecule has 2 nitrogen and oxygen atoms in total. The molecule has 1 aromatic rings. The maximum atomic E-state index is 14.2. The Morgan fingerprint density at radius 1 is 1.44 bits per heavy atom. The van der Waals surface area contributed by atoms with Crippen LogP contribution in [0.25, 0.3) is 0 Å². The summed E-state index contributed by atoms with van der Waals surface area (Å²) in [5.74, 6) is 0.450. The highest BCUT2D eigenvalue weighted by Gasteiger charge is 2.30. The molecule has 0 spiro atoms. The van der Waals surface area contributed by atoms with Crippen molar-refractivity contribution in [3.05, 3.63) is 29.6 Å². The SMILES string of the molecule is CC(C)C1CCCN1c1c(F)cccc1CCN. The number of benzene rings is 1. The molecule has 3 heteroatoms. The predicted molar refractivity (Wildman–Crippen MR) is 74.4 cm³/mol. The average Bonchev–Trinajstić information content (AvgIpc) is 2.78. The molecule has 0 aliphatic carbocycles. The van der Waals surface area contributed by atoms with E-state index in [0.29, 0.717) is 18.5 Å². The Bertz CT molecular complexity index is 403. The number of nitrogens with two attached hydrogens (primary N) is 1. The Morgan fingerprint density at radius 2 is 2.22 bits per heavy atom. The topological polar surface area (TPSA) is 29.3 Å². The quantitative estimate of drug-likeness (QED) is 0.890. The van der Waals surface area contributed by atoms with E-state index in [2.05, 4.69) is 18.7 Å². The Balaban J connectivity index is 2.36. The molecule has 1 atom stereocenters. The minimum absolute atomic E-state index is 0.103. The van der Waals surface area contributed by atoms with Crippen LogP contribution in [0.4, 0.5) is 10.1 Å². The van der Waals surface area contributed by atoms with Gasteiger partial charge >= 0.3 is 0 Å². The molecule has 0 radical (unpaired) electrons. The van der Waals surface area contributed by atoms with Gasteiger partial charge < -0.3 is 10.6 Å². The summed E-state index contributed by atoms with van der Waals surface area (Å²) in [5, 5.41) is 0. The van der Waals surface area contributed by atoms with Crippen LogP contribution < -0.4 is 10.6 Å². The first-order valence-corrected chi connectivity index (χ1v) is 6.89. The highest BCUT2D eigenvalue weighted by atomic mass is 19.1. The molecule has 100 valence electrons. The van der Waals surface area contributed by atoms with Crippen molar-refractivity contribution in [2.24, 2.45) is 11.7 Å². The zero-order valence-electron chi connectivity index (χ0n) is 11.3. The van der Waals surface area contributed by atoms with Gasteiger partial charge in [-0.1, -0.05) is 26.0 Å². The summed E-state index contributed by atoms with van der Waals surface area (Å²) in [4.78, 5) is 2.25. The number of rotatable bonds is 4. The highest BCUT2D eigenvalue weighted by molar-refractivity contribution is 5.56. The Labute approximate surface area is 109 Å². The normalized spacial score (nSPS) is 19.8. The Morgan fingerprint density at radius 3 is 2.89 bits per heavy atom. The second-order valence-electron chi connectivity index (χ2n) is 5.43. The van der Waals surface area contributed by atoms with Gasteiger partial charge in [-0.2, -0.15) is 0 Å². The minimum atomic E-state index is -0.103. The van der Waals surface area contributed by atoms with E-state index in [1.54, 1.807) is 12.1 Å². The van der Waals surface area contributed by atoms with Crippen molar-refractivity contribution in [3.8, 4) is 0 Å². The van der Waals surface area contributed by atoms with Crippen LogP contribution in [0.5, 0.6) is 0 Å². The molecule has 2 rings (SSSR count). The maximum absolute atomic E-state index is 14.2. The van der Waals surface area contributed by atoms with E-state index in [-0.39, 0.29) is 5.82 Å². The van der Waals surface area contributed by atoms with Gasteiger partial charge in [0.05, 0.1) is 5.69 Å². The molecule has 2 N–H and O–H groups in total. The summed E-state index contributed by atoms with van der Waals surface area (Å²) in [6, 6.07) is 5.80. The van der Waals surface area contributed by atoms with Gasteiger partial charge in [0, 0.05) is 12.6 Å². The van der Waals surface area contributed by atoms with Crippen LogP contribution in [-0.2, 0) is 6.42 Å². The molecule has 1 aliphatic heterocycles. The lowest BCUT2D eigenvalue weighted by molar-refractivity contribution is 0.485. The van der Waals surface area contributed by atoms with Crippen molar-refractivity contribution in [2.75, 3.05) is 18.0 Å². The standard InChI is InChI=1S/C15H23FN2/c1-11(2)14-7-4-10-18(14)15-12(8-9-17)5-3-6-13(15)16/h3,5-6,11,14H,4,7-10,17H2,1-2H3. The third-order valence-electron chi connectivity index (χ3n) is 3.84. The summed E-state index contributed by atoms with van der Waals surface area (Å²) in [6.45, 7) is 5.96. The zero-order valence-corrected chi connectivity index (χ0v) is 11.3. The molecule has 18 heavy (non-hydrogen) atoms. The van der Waals surface area contributed by atoms with Crippen LogP contribution in [0.3, 0.4) is 0 Å². The summed E-state index contributed by atoms with van der Waals surface area (Å²) in [5.41, 5.74) is 7.47. The molecule has 0 aromatic heterocycles. The number of hydrogen-bond acceptors (Lipinski definition) is 2. The molecule has 0 bridgehead atoms. The second-order valence-corrected chi connectivity index (χ2v) is 5.43. The second kappa shape index (κ2) is 5.70. The van der Waals surface area contributed by atoms with E-state index in [4.69, 9.17) is 5.73 Å². The maximum Gasteiger partial charge on any atom is 0.146 e. The first-order chi connectivity index (χ1) is 8.65. The highest BCUT2D eigenvalue weighted by Crippen LogP contribution is 2.34. The summed E-state index contributed by atoms with van der Waals surface area (Å²) >= 11 is 0. The molecule has 0 amide bonds. The average molecular weight is 250 g/mol. The van der Waals surface area contributed by atoms with E-state index in [1.807, 2.05) is 6.07 Å². The van der Waals surface area contributed by atoms with E-state index in [1.165, 1.54) is 0 Å². The molecule has 1 aliphatic rings. The molecule has 0 saturated carbocycles. The zero-order chi connectivity index (χ0) is 13.1. The molecule has 1 heterocycles. The lowest BCUT2D eigenvalue weighted by Gasteiger charge is -2.31. The van der Waals surface area contributed by atoms with E-state index >= 15 is 0 Å². The first-order valence-electron chi connectivity index (χ1n) is 6.89. The predicted octanol–water partition coefficient (Wildman–Crippen LogP) is 2.95. The van der Waals surface area contributed by atoms with Crippen LogP contribution >= 0.6 is 0 Å². The number of nitrogens with zero attached hydrogens (tertiary/aromatic N) is 1. The van der Waals surface area contributed by atoms with Crippen LogP contribution in [0.15, 0.2) is 18.2 Å². The molecule has 1 saturated heterocycles. The van der Waals surface area contributed by atoms with E-state index in [9.17, 15) is 4.39 Å². The summed E-state index contributed by atoms with van der Waals surface area (Å²) < 4.78 is 14.2. The van der Waals surface area contributed by atoms with Gasteiger partial charge in [0.15, 0.2) is 0 Å². The Hall–Kier alpha value is -1.09. The fourth-order valence-corrected chi connectivity index (χ4v) is 3.00. The van der Waals surface area contributed by atoms with Crippen LogP contribution in [0, 0.1) is 11.7 Å². The number of para-hydroxylation sites is 1.